The SMILES string of the molecule is C=C1CC(c2ccccc2)(C(F)(F)F)N(NC(=O)c2ccccc2)C1=O. The van der Waals surface area contributed by atoms with Crippen LogP contribution < -0.4 is 5.43 Å². The van der Waals surface area contributed by atoms with Gasteiger partial charge in [-0.05, 0) is 17.7 Å². The van der Waals surface area contributed by atoms with Crippen molar-refractivity contribution in [2.45, 2.75) is 18.1 Å². The number of amides is 2. The molecule has 1 N–H and O–H groups in total. The molecule has 2 aromatic rings. The lowest BCUT2D eigenvalue weighted by Crippen LogP contribution is -2.60. The Labute approximate surface area is 147 Å². The van der Waals surface area contributed by atoms with Crippen molar-refractivity contribution in [3.8, 4) is 0 Å². The molecule has 2 aromatic carbocycles. The number of nitrogens with zero attached hydrogens (tertiary/aromatic N) is 1. The van der Waals surface area contributed by atoms with E-state index >= 15 is 0 Å². The Morgan fingerprint density at radius 2 is 1.58 bits per heavy atom. The van der Waals surface area contributed by atoms with Gasteiger partial charge in [-0.2, -0.15) is 13.2 Å². The molecule has 2 amide bonds. The van der Waals surface area contributed by atoms with Crippen LogP contribution in [-0.4, -0.2) is 23.0 Å². The highest BCUT2D eigenvalue weighted by molar-refractivity contribution is 6.00. The molecule has 1 fully saturated rings. The third-order valence-electron chi connectivity index (χ3n) is 4.33. The first-order valence-electron chi connectivity index (χ1n) is 7.78. The predicted molar refractivity (Wildman–Crippen MR) is 88.7 cm³/mol. The van der Waals surface area contributed by atoms with Crippen LogP contribution >= 0.6 is 0 Å². The fourth-order valence-corrected chi connectivity index (χ4v) is 3.03. The monoisotopic (exact) mass is 360 g/mol. The van der Waals surface area contributed by atoms with E-state index in [9.17, 15) is 22.8 Å². The number of rotatable bonds is 3. The van der Waals surface area contributed by atoms with Gasteiger partial charge in [-0.15, -0.1) is 0 Å². The maximum absolute atomic E-state index is 14.2. The van der Waals surface area contributed by atoms with Crippen LogP contribution in [0.3, 0.4) is 0 Å². The van der Waals surface area contributed by atoms with Crippen LogP contribution in [0.1, 0.15) is 22.3 Å². The summed E-state index contributed by atoms with van der Waals surface area (Å²) in [4.78, 5) is 24.8. The minimum atomic E-state index is -4.83. The fraction of sp³-hybridized carbons (Fsp3) is 0.158. The van der Waals surface area contributed by atoms with Crippen molar-refractivity contribution in [3.05, 3.63) is 83.9 Å². The number of nitrogens with one attached hydrogen (secondary N) is 1. The Bertz CT molecular complexity index is 850. The Morgan fingerprint density at radius 3 is 2.12 bits per heavy atom. The van der Waals surface area contributed by atoms with Crippen LogP contribution in [0.4, 0.5) is 13.2 Å². The quantitative estimate of drug-likeness (QED) is 0.851. The second-order valence-corrected chi connectivity index (χ2v) is 5.95. The van der Waals surface area contributed by atoms with Crippen LogP contribution in [-0.2, 0) is 10.3 Å². The van der Waals surface area contributed by atoms with Crippen LogP contribution in [0.25, 0.3) is 0 Å². The molecule has 3 rings (SSSR count). The lowest BCUT2D eigenvalue weighted by atomic mass is 9.86. The summed E-state index contributed by atoms with van der Waals surface area (Å²) in [6, 6.07) is 14.8. The van der Waals surface area contributed by atoms with Crippen molar-refractivity contribution in [2.75, 3.05) is 0 Å². The average molecular weight is 360 g/mol. The van der Waals surface area contributed by atoms with E-state index in [1.807, 2.05) is 0 Å². The van der Waals surface area contributed by atoms with Gasteiger partial charge in [0.25, 0.3) is 11.8 Å². The van der Waals surface area contributed by atoms with Crippen molar-refractivity contribution >= 4 is 11.8 Å². The second-order valence-electron chi connectivity index (χ2n) is 5.95. The fourth-order valence-electron chi connectivity index (χ4n) is 3.03. The molecule has 26 heavy (non-hydrogen) atoms. The van der Waals surface area contributed by atoms with E-state index < -0.39 is 30.0 Å². The van der Waals surface area contributed by atoms with Crippen molar-refractivity contribution in [1.82, 2.24) is 10.4 Å². The Balaban J connectivity index is 2.09. The van der Waals surface area contributed by atoms with Gasteiger partial charge in [0.15, 0.2) is 5.54 Å². The normalized spacial score (nSPS) is 20.3. The first-order chi connectivity index (χ1) is 12.3. The van der Waals surface area contributed by atoms with Crippen LogP contribution in [0, 0.1) is 0 Å². The number of alkyl halides is 3. The molecule has 0 spiro atoms. The Kier molecular flexibility index (Phi) is 4.31. The van der Waals surface area contributed by atoms with E-state index in [0.717, 1.165) is 0 Å². The summed E-state index contributed by atoms with van der Waals surface area (Å²) in [6.07, 6.45) is -5.48. The van der Waals surface area contributed by atoms with Gasteiger partial charge < -0.3 is 0 Å². The lowest BCUT2D eigenvalue weighted by Gasteiger charge is -2.39. The summed E-state index contributed by atoms with van der Waals surface area (Å²) in [5.74, 6) is -1.77. The summed E-state index contributed by atoms with van der Waals surface area (Å²) in [5.41, 5.74) is -0.794. The first kappa shape index (κ1) is 17.7. The molecular formula is C19H15F3N2O2. The largest absolute Gasteiger partial charge is 0.418 e. The van der Waals surface area contributed by atoms with Crippen molar-refractivity contribution in [2.24, 2.45) is 0 Å². The number of carbonyl (C=O) groups is 2. The zero-order chi connectivity index (χ0) is 18.9. The number of hydrazine groups is 1. The van der Waals surface area contributed by atoms with Gasteiger partial charge in [0.05, 0.1) is 0 Å². The van der Waals surface area contributed by atoms with E-state index in [1.165, 1.54) is 36.4 Å². The molecule has 0 aromatic heterocycles. The number of halogens is 3. The van der Waals surface area contributed by atoms with E-state index in [2.05, 4.69) is 12.0 Å². The van der Waals surface area contributed by atoms with Gasteiger partial charge in [-0.3, -0.25) is 15.0 Å². The van der Waals surface area contributed by atoms with Gasteiger partial charge >= 0.3 is 6.18 Å². The number of benzene rings is 2. The molecule has 1 heterocycles. The number of carbonyl (C=O) groups excluding carboxylic acids is 2. The Morgan fingerprint density at radius 1 is 1.04 bits per heavy atom. The van der Waals surface area contributed by atoms with Crippen molar-refractivity contribution in [3.63, 3.8) is 0 Å². The molecule has 4 nitrogen and oxygen atoms in total. The minimum absolute atomic E-state index is 0.141. The first-order valence-corrected chi connectivity index (χ1v) is 7.78. The minimum Gasteiger partial charge on any atom is -0.268 e. The molecule has 1 atom stereocenters. The van der Waals surface area contributed by atoms with Gasteiger partial charge in [0.2, 0.25) is 0 Å². The third-order valence-corrected chi connectivity index (χ3v) is 4.33. The summed E-state index contributed by atoms with van der Waals surface area (Å²) in [7, 11) is 0. The molecule has 7 heteroatoms. The van der Waals surface area contributed by atoms with Crippen LogP contribution in [0.5, 0.6) is 0 Å². The van der Waals surface area contributed by atoms with Crippen LogP contribution in [0.2, 0.25) is 0 Å². The van der Waals surface area contributed by atoms with E-state index in [4.69, 9.17) is 0 Å². The molecule has 0 bridgehead atoms. The summed E-state index contributed by atoms with van der Waals surface area (Å²) < 4.78 is 42.5. The number of hydrogen-bond acceptors (Lipinski definition) is 2. The molecule has 0 radical (unpaired) electrons. The lowest BCUT2D eigenvalue weighted by molar-refractivity contribution is -0.234. The molecule has 1 aliphatic rings. The predicted octanol–water partition coefficient (Wildman–Crippen LogP) is 3.58. The van der Waals surface area contributed by atoms with Gasteiger partial charge in [0, 0.05) is 17.6 Å². The van der Waals surface area contributed by atoms with Gasteiger partial charge in [-0.25, -0.2) is 5.01 Å². The number of hydrogen-bond donors (Lipinski definition) is 1. The second kappa shape index (κ2) is 6.33. The summed E-state index contributed by atoms with van der Waals surface area (Å²) >= 11 is 0. The van der Waals surface area contributed by atoms with E-state index in [0.29, 0.717) is 5.01 Å². The molecule has 0 aliphatic carbocycles. The van der Waals surface area contributed by atoms with E-state index in [1.54, 1.807) is 24.3 Å². The molecule has 1 unspecified atom stereocenters. The smallest absolute Gasteiger partial charge is 0.268 e. The zero-order valence-electron chi connectivity index (χ0n) is 13.6. The van der Waals surface area contributed by atoms with E-state index in [-0.39, 0.29) is 16.7 Å². The molecule has 134 valence electrons. The molecule has 1 aliphatic heterocycles. The standard InChI is InChI=1S/C19H15F3N2O2/c1-13-12-18(19(20,21)22,15-10-6-3-7-11-15)24(17(13)26)23-16(25)14-8-4-2-5-9-14/h2-11H,1,12H2,(H,23,25). The zero-order valence-corrected chi connectivity index (χ0v) is 13.6. The molecular weight excluding hydrogens is 345 g/mol. The highest BCUT2D eigenvalue weighted by atomic mass is 19.4. The average Bonchev–Trinajstić information content (AvgIpc) is 2.89. The maximum Gasteiger partial charge on any atom is 0.418 e. The molecule has 1 saturated heterocycles. The van der Waals surface area contributed by atoms with Gasteiger partial charge in [-0.1, -0.05) is 55.1 Å². The third kappa shape index (κ3) is 2.75. The van der Waals surface area contributed by atoms with Crippen molar-refractivity contribution in [1.29, 1.82) is 0 Å². The summed E-state index contributed by atoms with van der Waals surface area (Å²) in [5, 5.41) is 0.361. The highest BCUT2D eigenvalue weighted by Crippen LogP contribution is 2.51. The topological polar surface area (TPSA) is 49.4 Å². The highest BCUT2D eigenvalue weighted by Gasteiger charge is 2.66. The maximum atomic E-state index is 14.2. The van der Waals surface area contributed by atoms with Crippen molar-refractivity contribution < 1.29 is 22.8 Å². The Hall–Kier alpha value is -3.09. The summed E-state index contributed by atoms with van der Waals surface area (Å²) in [6.45, 7) is 3.46. The molecule has 0 saturated carbocycles. The van der Waals surface area contributed by atoms with Crippen LogP contribution in [0.15, 0.2) is 72.8 Å². The van der Waals surface area contributed by atoms with Gasteiger partial charge in [0.1, 0.15) is 0 Å².